The predicted octanol–water partition coefficient (Wildman–Crippen LogP) is 2.35. The lowest BCUT2D eigenvalue weighted by Gasteiger charge is -2.33. The SMILES string of the molecule is CCCC[C@](CC)(CO)Nc1nc(N)nc2cnccc12. The first-order valence-electron chi connectivity index (χ1n) is 7.40. The van der Waals surface area contributed by atoms with E-state index in [1.54, 1.807) is 12.4 Å². The fourth-order valence-electron chi connectivity index (χ4n) is 2.42. The fraction of sp³-hybridized carbons (Fsp3) is 0.533. The Morgan fingerprint density at radius 3 is 2.81 bits per heavy atom. The van der Waals surface area contributed by atoms with Gasteiger partial charge in [0.05, 0.1) is 23.9 Å². The van der Waals surface area contributed by atoms with Crippen molar-refractivity contribution in [2.24, 2.45) is 0 Å². The van der Waals surface area contributed by atoms with Gasteiger partial charge in [0.15, 0.2) is 0 Å². The fourth-order valence-corrected chi connectivity index (χ4v) is 2.42. The Morgan fingerprint density at radius 1 is 1.33 bits per heavy atom. The van der Waals surface area contributed by atoms with Crippen LogP contribution in [0.5, 0.6) is 0 Å². The summed E-state index contributed by atoms with van der Waals surface area (Å²) in [6.07, 6.45) is 7.18. The number of hydrogen-bond donors (Lipinski definition) is 3. The van der Waals surface area contributed by atoms with E-state index in [2.05, 4.69) is 34.1 Å². The molecule has 0 aromatic carbocycles. The molecule has 2 aromatic rings. The van der Waals surface area contributed by atoms with Gasteiger partial charge in [0.25, 0.3) is 0 Å². The molecule has 21 heavy (non-hydrogen) atoms. The molecule has 2 rings (SSSR count). The molecule has 4 N–H and O–H groups in total. The Hall–Kier alpha value is -1.95. The van der Waals surface area contributed by atoms with Crippen LogP contribution in [0.1, 0.15) is 39.5 Å². The van der Waals surface area contributed by atoms with Crippen molar-refractivity contribution in [3.05, 3.63) is 18.5 Å². The van der Waals surface area contributed by atoms with E-state index in [4.69, 9.17) is 5.73 Å². The highest BCUT2D eigenvalue weighted by atomic mass is 16.3. The maximum Gasteiger partial charge on any atom is 0.222 e. The monoisotopic (exact) mass is 289 g/mol. The van der Waals surface area contributed by atoms with Crippen molar-refractivity contribution < 1.29 is 5.11 Å². The minimum absolute atomic E-state index is 0.0555. The van der Waals surface area contributed by atoms with Gasteiger partial charge in [-0.25, -0.2) is 4.98 Å². The maximum absolute atomic E-state index is 9.86. The molecule has 0 bridgehead atoms. The molecular weight excluding hydrogens is 266 g/mol. The van der Waals surface area contributed by atoms with Gasteiger partial charge < -0.3 is 16.2 Å². The van der Waals surface area contributed by atoms with Gasteiger partial charge in [0.2, 0.25) is 5.95 Å². The summed E-state index contributed by atoms with van der Waals surface area (Å²) in [5, 5.41) is 14.1. The van der Waals surface area contributed by atoms with Gasteiger partial charge in [-0.05, 0) is 18.9 Å². The molecule has 0 aliphatic heterocycles. The molecule has 114 valence electrons. The van der Waals surface area contributed by atoms with E-state index in [9.17, 15) is 5.11 Å². The molecule has 1 atom stereocenters. The zero-order chi connectivity index (χ0) is 15.3. The lowest BCUT2D eigenvalue weighted by molar-refractivity contribution is 0.195. The van der Waals surface area contributed by atoms with Crippen molar-refractivity contribution in [1.82, 2.24) is 15.0 Å². The second kappa shape index (κ2) is 6.67. The van der Waals surface area contributed by atoms with Gasteiger partial charge in [0, 0.05) is 11.6 Å². The largest absolute Gasteiger partial charge is 0.394 e. The number of nitrogens with two attached hydrogens (primary N) is 1. The summed E-state index contributed by atoms with van der Waals surface area (Å²) in [5.74, 6) is 0.864. The smallest absolute Gasteiger partial charge is 0.222 e. The Balaban J connectivity index is 2.40. The third-order valence-electron chi connectivity index (χ3n) is 3.89. The van der Waals surface area contributed by atoms with Crippen LogP contribution < -0.4 is 11.1 Å². The lowest BCUT2D eigenvalue weighted by atomic mass is 9.90. The van der Waals surface area contributed by atoms with Gasteiger partial charge in [0.1, 0.15) is 5.82 Å². The van der Waals surface area contributed by atoms with Crippen LogP contribution in [-0.2, 0) is 0 Å². The Morgan fingerprint density at radius 2 is 2.14 bits per heavy atom. The zero-order valence-corrected chi connectivity index (χ0v) is 12.6. The van der Waals surface area contributed by atoms with Crippen molar-refractivity contribution in [3.63, 3.8) is 0 Å². The number of fused-ring (bicyclic) bond motifs is 1. The number of pyridine rings is 1. The molecule has 0 unspecified atom stereocenters. The van der Waals surface area contributed by atoms with E-state index in [-0.39, 0.29) is 18.1 Å². The highest BCUT2D eigenvalue weighted by molar-refractivity contribution is 5.89. The molecule has 0 aliphatic rings. The average Bonchev–Trinajstić information content (AvgIpc) is 2.51. The van der Waals surface area contributed by atoms with Crippen LogP contribution in [-0.4, -0.2) is 32.2 Å². The summed E-state index contributed by atoms with van der Waals surface area (Å²) in [7, 11) is 0. The van der Waals surface area contributed by atoms with E-state index in [1.807, 2.05) is 6.07 Å². The molecule has 0 saturated heterocycles. The topological polar surface area (TPSA) is 97.0 Å². The maximum atomic E-state index is 9.86. The van der Waals surface area contributed by atoms with E-state index in [0.29, 0.717) is 11.3 Å². The molecule has 0 fully saturated rings. The summed E-state index contributed by atoms with van der Waals surface area (Å²) in [6, 6.07) is 1.86. The number of hydrogen-bond acceptors (Lipinski definition) is 6. The van der Waals surface area contributed by atoms with Crippen LogP contribution in [0.2, 0.25) is 0 Å². The molecule has 0 spiro atoms. The highest BCUT2D eigenvalue weighted by Crippen LogP contribution is 2.27. The van der Waals surface area contributed by atoms with Crippen LogP contribution in [0.3, 0.4) is 0 Å². The molecular formula is C15H23N5O. The summed E-state index contributed by atoms with van der Waals surface area (Å²) in [5.41, 5.74) is 6.09. The second-order valence-electron chi connectivity index (χ2n) is 5.34. The van der Waals surface area contributed by atoms with Gasteiger partial charge >= 0.3 is 0 Å². The second-order valence-corrected chi connectivity index (χ2v) is 5.34. The number of rotatable bonds is 7. The summed E-state index contributed by atoms with van der Waals surface area (Å²) >= 11 is 0. The number of unbranched alkanes of at least 4 members (excludes halogenated alkanes) is 1. The van der Waals surface area contributed by atoms with Crippen LogP contribution in [0.15, 0.2) is 18.5 Å². The first kappa shape index (κ1) is 15.4. The molecule has 0 radical (unpaired) electrons. The van der Waals surface area contributed by atoms with Crippen molar-refractivity contribution in [2.75, 3.05) is 17.7 Å². The molecule has 0 amide bonds. The number of nitrogen functional groups attached to an aromatic ring is 1. The third-order valence-corrected chi connectivity index (χ3v) is 3.89. The van der Waals surface area contributed by atoms with E-state index >= 15 is 0 Å². The van der Waals surface area contributed by atoms with E-state index < -0.39 is 0 Å². The number of aliphatic hydroxyl groups excluding tert-OH is 1. The van der Waals surface area contributed by atoms with Gasteiger partial charge in [-0.2, -0.15) is 4.98 Å². The van der Waals surface area contributed by atoms with Crippen molar-refractivity contribution >= 4 is 22.7 Å². The van der Waals surface area contributed by atoms with Gasteiger partial charge in [-0.15, -0.1) is 0 Å². The lowest BCUT2D eigenvalue weighted by Crippen LogP contribution is -2.42. The predicted molar refractivity (Wildman–Crippen MR) is 85.0 cm³/mol. The average molecular weight is 289 g/mol. The molecule has 0 saturated carbocycles. The molecule has 6 heteroatoms. The van der Waals surface area contributed by atoms with Crippen LogP contribution >= 0.6 is 0 Å². The van der Waals surface area contributed by atoms with Gasteiger partial charge in [-0.1, -0.05) is 26.7 Å². The molecule has 0 aliphatic carbocycles. The zero-order valence-electron chi connectivity index (χ0n) is 12.6. The van der Waals surface area contributed by atoms with E-state index in [1.165, 1.54) is 0 Å². The number of aromatic nitrogens is 3. The van der Waals surface area contributed by atoms with E-state index in [0.717, 1.165) is 31.1 Å². The van der Waals surface area contributed by atoms with Crippen molar-refractivity contribution in [1.29, 1.82) is 0 Å². The highest BCUT2D eigenvalue weighted by Gasteiger charge is 2.27. The first-order chi connectivity index (χ1) is 10.1. The minimum Gasteiger partial charge on any atom is -0.394 e. The van der Waals surface area contributed by atoms with Crippen molar-refractivity contribution in [2.45, 2.75) is 45.1 Å². The number of aliphatic hydroxyl groups is 1. The Kier molecular flexibility index (Phi) is 4.90. The molecule has 2 heterocycles. The standard InChI is InChI=1S/C15H23N5O/c1-3-5-7-15(4-2,10-21)20-13-11-6-8-17-9-12(11)18-14(16)19-13/h6,8-9,21H,3-5,7,10H2,1-2H3,(H3,16,18,19,20)/t15-/m1/s1. The normalized spacial score (nSPS) is 14.0. The van der Waals surface area contributed by atoms with Gasteiger partial charge in [-0.3, -0.25) is 4.98 Å². The van der Waals surface area contributed by atoms with Crippen LogP contribution in [0.4, 0.5) is 11.8 Å². The van der Waals surface area contributed by atoms with Crippen LogP contribution in [0.25, 0.3) is 10.9 Å². The van der Waals surface area contributed by atoms with Crippen molar-refractivity contribution in [3.8, 4) is 0 Å². The number of anilines is 2. The Labute approximate surface area is 124 Å². The third kappa shape index (κ3) is 3.39. The molecule has 2 aromatic heterocycles. The number of nitrogens with one attached hydrogen (secondary N) is 1. The van der Waals surface area contributed by atoms with Crippen LogP contribution in [0, 0.1) is 0 Å². The quantitative estimate of drug-likeness (QED) is 0.724. The first-order valence-corrected chi connectivity index (χ1v) is 7.40. The number of nitrogens with zero attached hydrogens (tertiary/aromatic N) is 3. The Bertz CT molecular complexity index is 598. The summed E-state index contributed by atoms with van der Waals surface area (Å²) in [6.45, 7) is 4.26. The summed E-state index contributed by atoms with van der Waals surface area (Å²) in [4.78, 5) is 12.5. The molecule has 6 nitrogen and oxygen atoms in total. The summed E-state index contributed by atoms with van der Waals surface area (Å²) < 4.78 is 0. The minimum atomic E-state index is -0.382.